The van der Waals surface area contributed by atoms with Crippen molar-refractivity contribution in [3.63, 3.8) is 0 Å². The van der Waals surface area contributed by atoms with Gasteiger partial charge in [-0.3, -0.25) is 14.0 Å². The van der Waals surface area contributed by atoms with E-state index in [1.165, 1.54) is 21.9 Å². The molecule has 0 aliphatic rings. The van der Waals surface area contributed by atoms with E-state index in [9.17, 15) is 9.59 Å². The van der Waals surface area contributed by atoms with Crippen molar-refractivity contribution >= 4 is 27.9 Å². The number of benzene rings is 2. The molecule has 1 amide bonds. The molecule has 134 valence electrons. The van der Waals surface area contributed by atoms with Gasteiger partial charge in [0.1, 0.15) is 5.56 Å². The minimum atomic E-state index is -0.359. The lowest BCUT2D eigenvalue weighted by Crippen LogP contribution is -2.35. The first kappa shape index (κ1) is 17.2. The van der Waals surface area contributed by atoms with Gasteiger partial charge in [0.15, 0.2) is 4.96 Å². The summed E-state index contributed by atoms with van der Waals surface area (Å²) < 4.78 is 1.49. The lowest BCUT2D eigenvalue weighted by molar-refractivity contribution is 0.0983. The number of nitrogens with zero attached hydrogens (tertiary/aromatic N) is 3. The van der Waals surface area contributed by atoms with Crippen LogP contribution in [0.4, 0.5) is 5.69 Å². The standard InChI is InChI=1S/C21H17N3O2S/c1-15-14-27-21-22-12-18(20(26)24(15)21)19(25)23(17-10-6-3-7-11-17)13-16-8-4-2-5-9-16/h2-12,14H,13H2,1H3. The van der Waals surface area contributed by atoms with E-state index in [2.05, 4.69) is 4.98 Å². The van der Waals surface area contributed by atoms with Gasteiger partial charge in [-0.25, -0.2) is 4.98 Å². The summed E-state index contributed by atoms with van der Waals surface area (Å²) in [4.78, 5) is 32.7. The Labute approximate surface area is 160 Å². The second-order valence-corrected chi connectivity index (χ2v) is 7.02. The highest BCUT2D eigenvalue weighted by Crippen LogP contribution is 2.20. The van der Waals surface area contributed by atoms with Crippen LogP contribution >= 0.6 is 11.3 Å². The fourth-order valence-electron chi connectivity index (χ4n) is 2.97. The number of amides is 1. The normalized spacial score (nSPS) is 10.9. The molecule has 0 saturated carbocycles. The van der Waals surface area contributed by atoms with E-state index in [0.29, 0.717) is 11.5 Å². The topological polar surface area (TPSA) is 54.7 Å². The molecule has 4 rings (SSSR count). The van der Waals surface area contributed by atoms with Gasteiger partial charge in [0.25, 0.3) is 11.5 Å². The maximum Gasteiger partial charge on any atom is 0.271 e. The molecule has 0 saturated heterocycles. The molecule has 2 heterocycles. The molecule has 0 aliphatic heterocycles. The Balaban J connectivity index is 1.80. The lowest BCUT2D eigenvalue weighted by Gasteiger charge is -2.23. The van der Waals surface area contributed by atoms with Gasteiger partial charge in [-0.15, -0.1) is 11.3 Å². The maximum absolute atomic E-state index is 13.3. The molecule has 0 spiro atoms. The number of rotatable bonds is 4. The predicted molar refractivity (Wildman–Crippen MR) is 107 cm³/mol. The Morgan fingerprint density at radius 2 is 1.74 bits per heavy atom. The van der Waals surface area contributed by atoms with Crippen LogP contribution in [0, 0.1) is 6.92 Å². The number of fused-ring (bicyclic) bond motifs is 1. The van der Waals surface area contributed by atoms with Crippen molar-refractivity contribution in [2.24, 2.45) is 0 Å². The van der Waals surface area contributed by atoms with Gasteiger partial charge in [-0.1, -0.05) is 48.5 Å². The van der Waals surface area contributed by atoms with Crippen LogP contribution in [0.25, 0.3) is 4.96 Å². The van der Waals surface area contributed by atoms with Crippen LogP contribution in [-0.4, -0.2) is 15.3 Å². The van der Waals surface area contributed by atoms with Crippen LogP contribution in [0.5, 0.6) is 0 Å². The molecule has 4 aromatic rings. The van der Waals surface area contributed by atoms with Crippen molar-refractivity contribution in [2.45, 2.75) is 13.5 Å². The van der Waals surface area contributed by atoms with Gasteiger partial charge >= 0.3 is 0 Å². The summed E-state index contributed by atoms with van der Waals surface area (Å²) >= 11 is 1.38. The molecular weight excluding hydrogens is 358 g/mol. The molecule has 2 aromatic heterocycles. The Bertz CT molecular complexity index is 1150. The molecule has 6 heteroatoms. The first-order valence-electron chi connectivity index (χ1n) is 8.52. The molecule has 5 nitrogen and oxygen atoms in total. The number of anilines is 1. The quantitative estimate of drug-likeness (QED) is 0.543. The van der Waals surface area contributed by atoms with Gasteiger partial charge in [-0.05, 0) is 24.6 Å². The largest absolute Gasteiger partial charge is 0.304 e. The molecule has 0 atom stereocenters. The summed E-state index contributed by atoms with van der Waals surface area (Å²) in [5.41, 5.74) is 2.22. The van der Waals surface area contributed by atoms with Crippen molar-refractivity contribution in [1.29, 1.82) is 0 Å². The molecule has 0 radical (unpaired) electrons. The highest BCUT2D eigenvalue weighted by molar-refractivity contribution is 7.15. The molecular formula is C21H17N3O2S. The Hall–Kier alpha value is -3.25. The summed E-state index contributed by atoms with van der Waals surface area (Å²) in [6, 6.07) is 19.1. The minimum Gasteiger partial charge on any atom is -0.304 e. The van der Waals surface area contributed by atoms with Crippen LogP contribution in [0.15, 0.2) is 77.0 Å². The summed E-state index contributed by atoms with van der Waals surface area (Å²) in [6.07, 6.45) is 1.39. The summed E-state index contributed by atoms with van der Waals surface area (Å²) in [5.74, 6) is -0.359. The van der Waals surface area contributed by atoms with E-state index in [-0.39, 0.29) is 17.0 Å². The number of aromatic nitrogens is 2. The van der Waals surface area contributed by atoms with Gasteiger partial charge in [0.2, 0.25) is 0 Å². The average molecular weight is 375 g/mol. The molecule has 0 fully saturated rings. The van der Waals surface area contributed by atoms with E-state index < -0.39 is 0 Å². The van der Waals surface area contributed by atoms with E-state index in [1.807, 2.05) is 73.0 Å². The zero-order valence-electron chi connectivity index (χ0n) is 14.7. The molecule has 0 bridgehead atoms. The molecule has 27 heavy (non-hydrogen) atoms. The Kier molecular flexibility index (Phi) is 4.56. The summed E-state index contributed by atoms with van der Waals surface area (Å²) in [5, 5.41) is 1.86. The number of carbonyl (C=O) groups is 1. The van der Waals surface area contributed by atoms with Crippen LogP contribution < -0.4 is 10.5 Å². The van der Waals surface area contributed by atoms with E-state index in [4.69, 9.17) is 0 Å². The van der Waals surface area contributed by atoms with E-state index in [1.54, 1.807) is 4.90 Å². The van der Waals surface area contributed by atoms with Gasteiger partial charge in [0.05, 0.1) is 6.54 Å². The third-order valence-electron chi connectivity index (χ3n) is 4.34. The molecule has 2 aromatic carbocycles. The van der Waals surface area contributed by atoms with Crippen molar-refractivity contribution < 1.29 is 4.79 Å². The van der Waals surface area contributed by atoms with Crippen molar-refractivity contribution in [1.82, 2.24) is 9.38 Å². The SMILES string of the molecule is Cc1csc2ncc(C(=O)N(Cc3ccccc3)c3ccccc3)c(=O)n12. The van der Waals surface area contributed by atoms with Gasteiger partial charge < -0.3 is 4.90 Å². The van der Waals surface area contributed by atoms with Crippen molar-refractivity contribution in [3.05, 3.63) is 99.4 Å². The molecule has 0 aliphatic carbocycles. The third kappa shape index (κ3) is 3.27. The van der Waals surface area contributed by atoms with Crippen molar-refractivity contribution in [3.8, 4) is 0 Å². The van der Waals surface area contributed by atoms with Gasteiger partial charge in [0, 0.05) is 23.0 Å². The first-order chi connectivity index (χ1) is 13.1. The van der Waals surface area contributed by atoms with Crippen LogP contribution in [-0.2, 0) is 6.54 Å². The lowest BCUT2D eigenvalue weighted by atomic mass is 10.1. The monoisotopic (exact) mass is 375 g/mol. The highest BCUT2D eigenvalue weighted by atomic mass is 32.1. The van der Waals surface area contributed by atoms with E-state index in [0.717, 1.165) is 16.9 Å². The average Bonchev–Trinajstić information content (AvgIpc) is 3.09. The van der Waals surface area contributed by atoms with E-state index >= 15 is 0 Å². The number of hydrogen-bond donors (Lipinski definition) is 0. The zero-order valence-corrected chi connectivity index (χ0v) is 15.5. The third-order valence-corrected chi connectivity index (χ3v) is 5.30. The second-order valence-electron chi connectivity index (χ2n) is 6.18. The van der Waals surface area contributed by atoms with Crippen LogP contribution in [0.1, 0.15) is 21.6 Å². The number of hydrogen-bond acceptors (Lipinski definition) is 4. The zero-order chi connectivity index (χ0) is 18.8. The van der Waals surface area contributed by atoms with Crippen LogP contribution in [0.2, 0.25) is 0 Å². The predicted octanol–water partition coefficient (Wildman–Crippen LogP) is 3.91. The second kappa shape index (κ2) is 7.17. The molecule has 0 unspecified atom stereocenters. The maximum atomic E-state index is 13.3. The summed E-state index contributed by atoms with van der Waals surface area (Å²) in [7, 11) is 0. The Morgan fingerprint density at radius 3 is 2.44 bits per heavy atom. The number of carbonyl (C=O) groups excluding carboxylic acids is 1. The minimum absolute atomic E-state index is 0.0637. The molecule has 0 N–H and O–H groups in total. The number of aryl methyl sites for hydroxylation is 1. The fourth-order valence-corrected chi connectivity index (χ4v) is 3.80. The van der Waals surface area contributed by atoms with Crippen molar-refractivity contribution in [2.75, 3.05) is 4.90 Å². The highest BCUT2D eigenvalue weighted by Gasteiger charge is 2.23. The smallest absolute Gasteiger partial charge is 0.271 e. The number of thiazole rings is 1. The number of para-hydroxylation sites is 1. The fraction of sp³-hybridized carbons (Fsp3) is 0.0952. The first-order valence-corrected chi connectivity index (χ1v) is 9.40. The summed E-state index contributed by atoms with van der Waals surface area (Å²) in [6.45, 7) is 2.20. The Morgan fingerprint density at radius 1 is 1.07 bits per heavy atom. The van der Waals surface area contributed by atoms with Gasteiger partial charge in [-0.2, -0.15) is 0 Å². The van der Waals surface area contributed by atoms with Crippen LogP contribution in [0.3, 0.4) is 0 Å².